The first-order valence-electron chi connectivity index (χ1n) is 5.54. The molecule has 5 nitrogen and oxygen atoms in total. The van der Waals surface area contributed by atoms with E-state index >= 15 is 0 Å². The zero-order valence-electron chi connectivity index (χ0n) is 9.61. The second kappa shape index (κ2) is 7.40. The SMILES string of the molecule is NCCCC(=O)NC(=O)NCc1ccccc1. The van der Waals surface area contributed by atoms with Crippen LogP contribution in [0.2, 0.25) is 0 Å². The van der Waals surface area contributed by atoms with Crippen molar-refractivity contribution >= 4 is 11.9 Å². The summed E-state index contributed by atoms with van der Waals surface area (Å²) in [7, 11) is 0. The molecule has 92 valence electrons. The molecule has 1 rings (SSSR count). The van der Waals surface area contributed by atoms with Gasteiger partial charge >= 0.3 is 6.03 Å². The van der Waals surface area contributed by atoms with Crippen LogP contribution in [0.5, 0.6) is 0 Å². The molecule has 0 heterocycles. The summed E-state index contributed by atoms with van der Waals surface area (Å²) < 4.78 is 0. The van der Waals surface area contributed by atoms with Gasteiger partial charge in [0.15, 0.2) is 0 Å². The van der Waals surface area contributed by atoms with Gasteiger partial charge in [-0.15, -0.1) is 0 Å². The molecular formula is C12H17N3O2. The van der Waals surface area contributed by atoms with E-state index in [1.165, 1.54) is 0 Å². The Morgan fingerprint density at radius 2 is 1.88 bits per heavy atom. The van der Waals surface area contributed by atoms with E-state index in [4.69, 9.17) is 5.73 Å². The number of hydrogen-bond donors (Lipinski definition) is 3. The molecule has 0 spiro atoms. The number of carbonyl (C=O) groups is 2. The number of carbonyl (C=O) groups excluding carboxylic acids is 2. The van der Waals surface area contributed by atoms with Crippen LogP contribution in [0.25, 0.3) is 0 Å². The van der Waals surface area contributed by atoms with E-state index in [1.807, 2.05) is 30.3 Å². The van der Waals surface area contributed by atoms with Crippen LogP contribution >= 0.6 is 0 Å². The van der Waals surface area contributed by atoms with Crippen LogP contribution in [0.3, 0.4) is 0 Å². The smallest absolute Gasteiger partial charge is 0.321 e. The maximum Gasteiger partial charge on any atom is 0.321 e. The molecule has 0 radical (unpaired) electrons. The van der Waals surface area contributed by atoms with E-state index in [2.05, 4.69) is 10.6 Å². The Hall–Kier alpha value is -1.88. The monoisotopic (exact) mass is 235 g/mol. The van der Waals surface area contributed by atoms with E-state index < -0.39 is 6.03 Å². The van der Waals surface area contributed by atoms with Crippen LogP contribution in [-0.2, 0) is 11.3 Å². The number of imide groups is 1. The van der Waals surface area contributed by atoms with E-state index in [0.29, 0.717) is 19.5 Å². The van der Waals surface area contributed by atoms with Gasteiger partial charge in [0, 0.05) is 13.0 Å². The van der Waals surface area contributed by atoms with Gasteiger partial charge in [0.2, 0.25) is 5.91 Å². The first-order valence-corrected chi connectivity index (χ1v) is 5.54. The highest BCUT2D eigenvalue weighted by atomic mass is 16.2. The molecule has 3 amide bonds. The lowest BCUT2D eigenvalue weighted by atomic mass is 10.2. The summed E-state index contributed by atoms with van der Waals surface area (Å²) in [5.41, 5.74) is 6.25. The van der Waals surface area contributed by atoms with Crippen LogP contribution in [0.4, 0.5) is 4.79 Å². The maximum atomic E-state index is 11.3. The van der Waals surface area contributed by atoms with Crippen molar-refractivity contribution in [2.75, 3.05) is 6.54 Å². The molecule has 0 fully saturated rings. The molecule has 0 aliphatic carbocycles. The van der Waals surface area contributed by atoms with Gasteiger partial charge in [0.05, 0.1) is 0 Å². The van der Waals surface area contributed by atoms with Crippen molar-refractivity contribution in [3.63, 3.8) is 0 Å². The normalized spacial score (nSPS) is 9.71. The molecule has 0 saturated carbocycles. The summed E-state index contributed by atoms with van der Waals surface area (Å²) in [4.78, 5) is 22.5. The van der Waals surface area contributed by atoms with E-state index in [1.54, 1.807) is 0 Å². The number of nitrogens with two attached hydrogens (primary N) is 1. The number of amides is 3. The van der Waals surface area contributed by atoms with Crippen LogP contribution in [0.15, 0.2) is 30.3 Å². The molecule has 0 unspecified atom stereocenters. The molecule has 0 aromatic heterocycles. The summed E-state index contributed by atoms with van der Waals surface area (Å²) in [6.45, 7) is 0.843. The Bertz CT molecular complexity index is 365. The van der Waals surface area contributed by atoms with Gasteiger partial charge in [0.25, 0.3) is 0 Å². The average Bonchev–Trinajstić information content (AvgIpc) is 2.35. The number of hydrogen-bond acceptors (Lipinski definition) is 3. The van der Waals surface area contributed by atoms with Gasteiger partial charge in [-0.1, -0.05) is 30.3 Å². The van der Waals surface area contributed by atoms with Crippen molar-refractivity contribution in [1.82, 2.24) is 10.6 Å². The van der Waals surface area contributed by atoms with E-state index in [0.717, 1.165) is 5.56 Å². The van der Waals surface area contributed by atoms with Crippen molar-refractivity contribution in [3.05, 3.63) is 35.9 Å². The zero-order valence-corrected chi connectivity index (χ0v) is 9.61. The standard InChI is InChI=1S/C12H17N3O2/c13-8-4-7-11(16)15-12(17)14-9-10-5-2-1-3-6-10/h1-3,5-6H,4,7-9,13H2,(H2,14,15,16,17). The summed E-state index contributed by atoms with van der Waals surface area (Å²) in [6.07, 6.45) is 0.854. The Labute approximate surface area is 100 Å². The van der Waals surface area contributed by atoms with Crippen LogP contribution in [-0.4, -0.2) is 18.5 Å². The first kappa shape index (κ1) is 13.2. The topological polar surface area (TPSA) is 84.2 Å². The molecule has 4 N–H and O–H groups in total. The molecule has 1 aromatic carbocycles. The average molecular weight is 235 g/mol. The van der Waals surface area contributed by atoms with E-state index in [-0.39, 0.29) is 12.3 Å². The maximum absolute atomic E-state index is 11.3. The summed E-state index contributed by atoms with van der Waals surface area (Å²) in [6, 6.07) is 9.01. The van der Waals surface area contributed by atoms with Gasteiger partial charge in [-0.2, -0.15) is 0 Å². The second-order valence-corrected chi connectivity index (χ2v) is 3.61. The highest BCUT2D eigenvalue weighted by Gasteiger charge is 2.06. The minimum Gasteiger partial charge on any atom is -0.334 e. The zero-order chi connectivity index (χ0) is 12.5. The summed E-state index contributed by atoms with van der Waals surface area (Å²) >= 11 is 0. The Balaban J connectivity index is 2.24. The predicted octanol–water partition coefficient (Wildman–Crippen LogP) is 0.751. The van der Waals surface area contributed by atoms with Crippen LogP contribution in [0.1, 0.15) is 18.4 Å². The minimum atomic E-state index is -0.476. The Morgan fingerprint density at radius 1 is 1.18 bits per heavy atom. The lowest BCUT2D eigenvalue weighted by Gasteiger charge is -2.06. The molecular weight excluding hydrogens is 218 g/mol. The van der Waals surface area contributed by atoms with Gasteiger partial charge in [-0.25, -0.2) is 4.79 Å². The number of nitrogens with one attached hydrogen (secondary N) is 2. The van der Waals surface area contributed by atoms with E-state index in [9.17, 15) is 9.59 Å². The van der Waals surface area contributed by atoms with Gasteiger partial charge < -0.3 is 11.1 Å². The fourth-order valence-electron chi connectivity index (χ4n) is 1.27. The third-order valence-electron chi connectivity index (χ3n) is 2.16. The lowest BCUT2D eigenvalue weighted by molar-refractivity contribution is -0.120. The Kier molecular flexibility index (Phi) is 5.74. The predicted molar refractivity (Wildman–Crippen MR) is 65.1 cm³/mol. The lowest BCUT2D eigenvalue weighted by Crippen LogP contribution is -2.39. The molecule has 0 atom stereocenters. The molecule has 1 aromatic rings. The molecule has 0 bridgehead atoms. The third-order valence-corrected chi connectivity index (χ3v) is 2.16. The fourth-order valence-corrected chi connectivity index (χ4v) is 1.27. The highest BCUT2D eigenvalue weighted by Crippen LogP contribution is 1.96. The summed E-state index contributed by atoms with van der Waals surface area (Å²) in [5.74, 6) is -0.305. The molecule has 5 heteroatoms. The molecule has 0 saturated heterocycles. The Morgan fingerprint density at radius 3 is 2.53 bits per heavy atom. The van der Waals surface area contributed by atoms with Crippen molar-refractivity contribution < 1.29 is 9.59 Å². The van der Waals surface area contributed by atoms with Crippen molar-refractivity contribution in [1.29, 1.82) is 0 Å². The van der Waals surface area contributed by atoms with Gasteiger partial charge in [0.1, 0.15) is 0 Å². The molecule has 17 heavy (non-hydrogen) atoms. The third kappa shape index (κ3) is 5.67. The van der Waals surface area contributed by atoms with Crippen molar-refractivity contribution in [3.8, 4) is 0 Å². The highest BCUT2D eigenvalue weighted by molar-refractivity contribution is 5.94. The first-order chi connectivity index (χ1) is 8.22. The largest absolute Gasteiger partial charge is 0.334 e. The minimum absolute atomic E-state index is 0.273. The molecule has 0 aliphatic rings. The van der Waals surface area contributed by atoms with Gasteiger partial charge in [-0.05, 0) is 18.5 Å². The number of urea groups is 1. The van der Waals surface area contributed by atoms with Crippen molar-refractivity contribution in [2.45, 2.75) is 19.4 Å². The number of rotatable bonds is 5. The number of benzene rings is 1. The quantitative estimate of drug-likeness (QED) is 0.704. The second-order valence-electron chi connectivity index (χ2n) is 3.61. The summed E-state index contributed by atoms with van der Waals surface area (Å²) in [5, 5.41) is 4.84. The van der Waals surface area contributed by atoms with Crippen LogP contribution < -0.4 is 16.4 Å². The fraction of sp³-hybridized carbons (Fsp3) is 0.333. The van der Waals surface area contributed by atoms with Crippen LogP contribution in [0, 0.1) is 0 Å². The van der Waals surface area contributed by atoms with Crippen molar-refractivity contribution in [2.24, 2.45) is 5.73 Å². The van der Waals surface area contributed by atoms with Gasteiger partial charge in [-0.3, -0.25) is 10.1 Å². The molecule has 0 aliphatic heterocycles.